The van der Waals surface area contributed by atoms with Crippen LogP contribution < -0.4 is 4.72 Å². The molecule has 25 heavy (non-hydrogen) atoms. The Hall–Kier alpha value is -1.16. The molecule has 1 aromatic heterocycles. The Bertz CT molecular complexity index is 833. The number of nitrogens with one attached hydrogen (secondary N) is 1. The summed E-state index contributed by atoms with van der Waals surface area (Å²) in [4.78, 5) is 15.4. The van der Waals surface area contributed by atoms with E-state index in [1.807, 2.05) is 0 Å². The Kier molecular flexibility index (Phi) is 7.24. The number of aliphatic carboxylic acids is 1. The van der Waals surface area contributed by atoms with Crippen molar-refractivity contribution >= 4 is 49.3 Å². The zero-order chi connectivity index (χ0) is 18.4. The van der Waals surface area contributed by atoms with Gasteiger partial charge in [0, 0.05) is 5.75 Å². The van der Waals surface area contributed by atoms with E-state index >= 15 is 0 Å². The molecule has 0 amide bonds. The van der Waals surface area contributed by atoms with Crippen LogP contribution in [-0.2, 0) is 14.8 Å². The lowest BCUT2D eigenvalue weighted by Crippen LogP contribution is -2.38. The fourth-order valence-corrected chi connectivity index (χ4v) is 5.63. The number of fused-ring (bicyclic) bond motifs is 1. The van der Waals surface area contributed by atoms with Gasteiger partial charge >= 0.3 is 5.97 Å². The van der Waals surface area contributed by atoms with E-state index in [0.29, 0.717) is 0 Å². The average Bonchev–Trinajstić information content (AvgIpc) is 2.96. The number of sulfonamides is 1. The zero-order valence-electron chi connectivity index (χ0n) is 14.2. The summed E-state index contributed by atoms with van der Waals surface area (Å²) in [6.45, 7) is 3.47. The quantitative estimate of drug-likeness (QED) is 0.464. The van der Waals surface area contributed by atoms with Crippen molar-refractivity contribution in [2.24, 2.45) is 0 Å². The number of rotatable bonds is 10. The Balaban J connectivity index is 2.10. The molecule has 1 aromatic carbocycles. The second-order valence-electron chi connectivity index (χ2n) is 5.70. The predicted molar refractivity (Wildman–Crippen MR) is 102 cm³/mol. The highest BCUT2D eigenvalue weighted by Crippen LogP contribution is 2.31. The van der Waals surface area contributed by atoms with Crippen molar-refractivity contribution < 1.29 is 18.3 Å². The second kappa shape index (κ2) is 8.98. The number of nitrogens with zero attached hydrogens (tertiary/aromatic N) is 1. The summed E-state index contributed by atoms with van der Waals surface area (Å²) in [7, 11) is -3.87. The molecule has 0 bridgehead atoms. The van der Waals surface area contributed by atoms with E-state index in [4.69, 9.17) is 5.11 Å². The molecule has 0 spiro atoms. The summed E-state index contributed by atoms with van der Waals surface area (Å²) in [5, 5.41) is 8.87. The Morgan fingerprint density at radius 3 is 2.80 bits per heavy atom. The fourth-order valence-electron chi connectivity index (χ4n) is 2.15. The van der Waals surface area contributed by atoms with Crippen molar-refractivity contribution in [3.05, 3.63) is 18.2 Å². The molecule has 0 aliphatic rings. The van der Waals surface area contributed by atoms with Gasteiger partial charge in [-0.3, -0.25) is 4.79 Å². The Morgan fingerprint density at radius 2 is 2.12 bits per heavy atom. The van der Waals surface area contributed by atoms with Gasteiger partial charge in [-0.25, -0.2) is 13.4 Å². The van der Waals surface area contributed by atoms with Gasteiger partial charge in [-0.05, 0) is 31.5 Å². The number of thiazole rings is 1. The average molecular weight is 403 g/mol. The maximum absolute atomic E-state index is 12.3. The lowest BCUT2D eigenvalue weighted by atomic mass is 10.2. The van der Waals surface area contributed by atoms with Crippen molar-refractivity contribution in [2.75, 3.05) is 5.75 Å². The first-order valence-corrected chi connectivity index (χ1v) is 11.4. The fraction of sp³-hybridized carbons (Fsp3) is 0.500. The molecule has 0 saturated heterocycles. The van der Waals surface area contributed by atoms with E-state index in [1.165, 1.54) is 43.6 Å². The number of hydrogen-bond acceptors (Lipinski definition) is 6. The van der Waals surface area contributed by atoms with Crippen LogP contribution >= 0.6 is 23.1 Å². The van der Waals surface area contributed by atoms with Gasteiger partial charge in [0.25, 0.3) is 0 Å². The summed E-state index contributed by atoms with van der Waals surface area (Å²) >= 11 is 3.15. The SMILES string of the molecule is CCCCCCSc1nc2ccc(S(=O)(=O)N[C@H](C)C(=O)O)cc2s1. The van der Waals surface area contributed by atoms with E-state index < -0.39 is 22.0 Å². The van der Waals surface area contributed by atoms with Gasteiger partial charge in [-0.15, -0.1) is 11.3 Å². The van der Waals surface area contributed by atoms with E-state index in [-0.39, 0.29) is 4.90 Å². The van der Waals surface area contributed by atoms with Crippen molar-refractivity contribution in [3.63, 3.8) is 0 Å². The molecule has 1 atom stereocenters. The summed E-state index contributed by atoms with van der Waals surface area (Å²) < 4.78 is 28.4. The highest BCUT2D eigenvalue weighted by Gasteiger charge is 2.22. The molecule has 138 valence electrons. The minimum atomic E-state index is -3.87. The molecule has 6 nitrogen and oxygen atoms in total. The zero-order valence-corrected chi connectivity index (χ0v) is 16.6. The highest BCUT2D eigenvalue weighted by atomic mass is 32.2. The Morgan fingerprint density at radius 1 is 1.36 bits per heavy atom. The number of benzene rings is 1. The molecular formula is C16H22N2O4S3. The maximum atomic E-state index is 12.3. The van der Waals surface area contributed by atoms with E-state index in [0.717, 1.165) is 26.7 Å². The summed E-state index contributed by atoms with van der Waals surface area (Å²) in [5.41, 5.74) is 0.756. The highest BCUT2D eigenvalue weighted by molar-refractivity contribution is 8.01. The minimum absolute atomic E-state index is 0.0521. The van der Waals surface area contributed by atoms with Crippen LogP contribution in [0.3, 0.4) is 0 Å². The van der Waals surface area contributed by atoms with Crippen LogP contribution in [0, 0.1) is 0 Å². The van der Waals surface area contributed by atoms with Crippen molar-refractivity contribution in [2.45, 2.75) is 54.8 Å². The van der Waals surface area contributed by atoms with Crippen LogP contribution in [0.2, 0.25) is 0 Å². The first-order chi connectivity index (χ1) is 11.8. The molecule has 2 N–H and O–H groups in total. The van der Waals surface area contributed by atoms with Gasteiger partial charge in [-0.1, -0.05) is 37.9 Å². The largest absolute Gasteiger partial charge is 0.480 e. The van der Waals surface area contributed by atoms with Crippen molar-refractivity contribution in [3.8, 4) is 0 Å². The maximum Gasteiger partial charge on any atom is 0.321 e. The molecule has 0 aliphatic carbocycles. The topological polar surface area (TPSA) is 96.4 Å². The molecule has 0 aliphatic heterocycles. The molecule has 9 heteroatoms. The van der Waals surface area contributed by atoms with E-state index in [2.05, 4.69) is 16.6 Å². The third-order valence-electron chi connectivity index (χ3n) is 3.58. The molecule has 2 rings (SSSR count). The van der Waals surface area contributed by atoms with Gasteiger partial charge in [0.15, 0.2) is 4.34 Å². The van der Waals surface area contributed by atoms with Gasteiger partial charge < -0.3 is 5.11 Å². The summed E-state index contributed by atoms with van der Waals surface area (Å²) in [5.74, 6) is -0.216. The first-order valence-electron chi connectivity index (χ1n) is 8.12. The molecule has 1 heterocycles. The summed E-state index contributed by atoms with van der Waals surface area (Å²) in [6, 6.07) is 3.48. The van der Waals surface area contributed by atoms with Gasteiger partial charge in [0.05, 0.1) is 15.1 Å². The van der Waals surface area contributed by atoms with Gasteiger partial charge in [-0.2, -0.15) is 4.72 Å². The van der Waals surface area contributed by atoms with Gasteiger partial charge in [0.1, 0.15) is 6.04 Å². The number of carboxylic acid groups (broad SMARTS) is 1. The minimum Gasteiger partial charge on any atom is -0.480 e. The van der Waals surface area contributed by atoms with Crippen molar-refractivity contribution in [1.29, 1.82) is 0 Å². The van der Waals surface area contributed by atoms with E-state index in [9.17, 15) is 13.2 Å². The van der Waals surface area contributed by atoms with Gasteiger partial charge in [0.2, 0.25) is 10.0 Å². The monoisotopic (exact) mass is 402 g/mol. The second-order valence-corrected chi connectivity index (χ2v) is 9.79. The molecule has 0 unspecified atom stereocenters. The smallest absolute Gasteiger partial charge is 0.321 e. The third-order valence-corrected chi connectivity index (χ3v) is 7.36. The van der Waals surface area contributed by atoms with Crippen LogP contribution in [0.1, 0.15) is 39.5 Å². The molecule has 0 radical (unpaired) electrons. The van der Waals surface area contributed by atoms with Crippen LogP contribution in [-0.4, -0.2) is 36.3 Å². The normalized spacial score (nSPS) is 13.2. The predicted octanol–water partition coefficient (Wildman–Crippen LogP) is 3.72. The molecular weight excluding hydrogens is 380 g/mol. The number of carboxylic acids is 1. The molecule has 0 saturated carbocycles. The van der Waals surface area contributed by atoms with Crippen LogP contribution in [0.25, 0.3) is 10.2 Å². The van der Waals surface area contributed by atoms with Crippen LogP contribution in [0.4, 0.5) is 0 Å². The molecule has 2 aromatic rings. The molecule has 0 fully saturated rings. The number of thioether (sulfide) groups is 1. The lowest BCUT2D eigenvalue weighted by molar-refractivity contribution is -0.138. The number of aromatic nitrogens is 1. The Labute approximate surface area is 156 Å². The van der Waals surface area contributed by atoms with E-state index in [1.54, 1.807) is 23.9 Å². The number of hydrogen-bond donors (Lipinski definition) is 2. The number of unbranched alkanes of at least 4 members (excludes halogenated alkanes) is 3. The van der Waals surface area contributed by atoms with Crippen LogP contribution in [0.15, 0.2) is 27.4 Å². The lowest BCUT2D eigenvalue weighted by Gasteiger charge is -2.09. The third kappa shape index (κ3) is 5.67. The summed E-state index contributed by atoms with van der Waals surface area (Å²) in [6.07, 6.45) is 4.80. The standard InChI is InChI=1S/C16H22N2O4S3/c1-3-4-5-6-9-23-16-17-13-8-7-12(10-14(13)24-16)25(21,22)18-11(2)15(19)20/h7-8,10-11,18H,3-6,9H2,1-2H3,(H,19,20)/t11-/m1/s1. The van der Waals surface area contributed by atoms with Crippen LogP contribution in [0.5, 0.6) is 0 Å². The first kappa shape index (κ1) is 20.2. The number of carbonyl (C=O) groups is 1. The van der Waals surface area contributed by atoms with Crippen molar-refractivity contribution in [1.82, 2.24) is 9.71 Å².